The predicted octanol–water partition coefficient (Wildman–Crippen LogP) is 1.54. The Balaban J connectivity index is 1.98. The highest BCUT2D eigenvalue weighted by atomic mass is 16.5. The van der Waals surface area contributed by atoms with Crippen LogP contribution in [0.15, 0.2) is 30.3 Å². The molecule has 1 aromatic carbocycles. The van der Waals surface area contributed by atoms with Crippen LogP contribution in [0, 0.1) is 11.3 Å². The minimum atomic E-state index is -0.360. The molecule has 0 N–H and O–H groups in total. The van der Waals surface area contributed by atoms with Gasteiger partial charge in [0.2, 0.25) is 5.91 Å². The van der Waals surface area contributed by atoms with Crippen molar-refractivity contribution in [2.24, 2.45) is 0 Å². The van der Waals surface area contributed by atoms with Gasteiger partial charge < -0.3 is 9.64 Å². The Bertz CT molecular complexity index is 433. The Labute approximate surface area is 107 Å². The van der Waals surface area contributed by atoms with E-state index in [1.807, 2.05) is 30.3 Å². The van der Waals surface area contributed by atoms with Crippen LogP contribution in [0.3, 0.4) is 0 Å². The molecular weight excluding hydrogens is 228 g/mol. The van der Waals surface area contributed by atoms with Gasteiger partial charge >= 0.3 is 0 Å². The van der Waals surface area contributed by atoms with Gasteiger partial charge in [-0.1, -0.05) is 30.3 Å². The fourth-order valence-corrected chi connectivity index (χ4v) is 2.04. The highest BCUT2D eigenvalue weighted by molar-refractivity contribution is 5.77. The molecule has 0 aliphatic carbocycles. The molecule has 1 aliphatic heterocycles. The molecule has 94 valence electrons. The van der Waals surface area contributed by atoms with Gasteiger partial charge in [-0.25, -0.2) is 0 Å². The van der Waals surface area contributed by atoms with Crippen LogP contribution in [0.2, 0.25) is 0 Å². The van der Waals surface area contributed by atoms with Crippen LogP contribution in [-0.2, 0) is 9.53 Å². The number of carbonyl (C=O) groups excluding carboxylic acids is 1. The Hall–Kier alpha value is -1.86. The minimum absolute atomic E-state index is 0.0358. The normalized spacial score (nSPS) is 16.9. The van der Waals surface area contributed by atoms with E-state index in [2.05, 4.69) is 6.07 Å². The van der Waals surface area contributed by atoms with Gasteiger partial charge in [-0.2, -0.15) is 5.26 Å². The molecule has 1 aliphatic rings. The van der Waals surface area contributed by atoms with Gasteiger partial charge in [0, 0.05) is 19.5 Å². The van der Waals surface area contributed by atoms with Gasteiger partial charge in [-0.15, -0.1) is 0 Å². The number of rotatable bonds is 3. The molecule has 0 spiro atoms. The van der Waals surface area contributed by atoms with Gasteiger partial charge in [0.1, 0.15) is 0 Å². The molecule has 1 saturated heterocycles. The first-order valence-corrected chi connectivity index (χ1v) is 6.11. The van der Waals surface area contributed by atoms with E-state index >= 15 is 0 Å². The molecule has 1 atom stereocenters. The molecule has 1 amide bonds. The summed E-state index contributed by atoms with van der Waals surface area (Å²) in [5.41, 5.74) is 0.904. The van der Waals surface area contributed by atoms with Crippen molar-refractivity contribution in [1.29, 1.82) is 5.26 Å². The molecule has 1 heterocycles. The van der Waals surface area contributed by atoms with Crippen molar-refractivity contribution < 1.29 is 9.53 Å². The number of hydrogen-bond acceptors (Lipinski definition) is 3. The Morgan fingerprint density at radius 3 is 2.61 bits per heavy atom. The second kappa shape index (κ2) is 6.18. The summed E-state index contributed by atoms with van der Waals surface area (Å²) in [5, 5.41) is 9.18. The highest BCUT2D eigenvalue weighted by Crippen LogP contribution is 2.19. The lowest BCUT2D eigenvalue weighted by Gasteiger charge is -2.27. The zero-order valence-electron chi connectivity index (χ0n) is 10.2. The van der Waals surface area contributed by atoms with Crippen molar-refractivity contribution in [2.75, 3.05) is 26.3 Å². The van der Waals surface area contributed by atoms with Crippen molar-refractivity contribution in [3.05, 3.63) is 35.9 Å². The first-order chi connectivity index (χ1) is 8.81. The van der Waals surface area contributed by atoms with Crippen LogP contribution < -0.4 is 0 Å². The maximum atomic E-state index is 12.1. The van der Waals surface area contributed by atoms with Gasteiger partial charge in [0.25, 0.3) is 0 Å². The largest absolute Gasteiger partial charge is 0.378 e. The summed E-state index contributed by atoms with van der Waals surface area (Å²) < 4.78 is 5.21. The van der Waals surface area contributed by atoms with Crippen molar-refractivity contribution in [2.45, 2.75) is 12.3 Å². The fourth-order valence-electron chi connectivity index (χ4n) is 2.04. The molecule has 1 fully saturated rings. The lowest BCUT2D eigenvalue weighted by atomic mass is 9.96. The minimum Gasteiger partial charge on any atom is -0.378 e. The van der Waals surface area contributed by atoms with Crippen LogP contribution in [0.5, 0.6) is 0 Å². The van der Waals surface area contributed by atoms with Gasteiger partial charge in [-0.05, 0) is 5.56 Å². The van der Waals surface area contributed by atoms with Gasteiger partial charge in [-0.3, -0.25) is 4.79 Å². The summed E-state index contributed by atoms with van der Waals surface area (Å²) in [5.74, 6) is -0.324. The third-order valence-corrected chi connectivity index (χ3v) is 3.10. The van der Waals surface area contributed by atoms with E-state index in [1.165, 1.54) is 0 Å². The van der Waals surface area contributed by atoms with Gasteiger partial charge in [0.15, 0.2) is 0 Å². The zero-order valence-corrected chi connectivity index (χ0v) is 10.2. The van der Waals surface area contributed by atoms with Crippen molar-refractivity contribution in [1.82, 2.24) is 4.90 Å². The summed E-state index contributed by atoms with van der Waals surface area (Å²) in [6, 6.07) is 11.7. The number of benzene rings is 1. The van der Waals surface area contributed by atoms with Gasteiger partial charge in [0.05, 0.1) is 25.2 Å². The summed E-state index contributed by atoms with van der Waals surface area (Å²) in [4.78, 5) is 13.8. The number of amides is 1. The van der Waals surface area contributed by atoms with Crippen LogP contribution in [0.25, 0.3) is 0 Å². The van der Waals surface area contributed by atoms with E-state index < -0.39 is 0 Å². The SMILES string of the molecule is N#CC(CC(=O)N1CCOCC1)c1ccccc1. The standard InChI is InChI=1S/C14H16N2O2/c15-11-13(12-4-2-1-3-5-12)10-14(17)16-6-8-18-9-7-16/h1-5,13H,6-10H2. The number of hydrogen-bond donors (Lipinski definition) is 0. The van der Waals surface area contributed by atoms with Crippen LogP contribution in [-0.4, -0.2) is 37.1 Å². The van der Waals surface area contributed by atoms with Crippen molar-refractivity contribution in [3.8, 4) is 6.07 Å². The molecule has 0 aromatic heterocycles. The van der Waals surface area contributed by atoms with E-state index in [-0.39, 0.29) is 18.2 Å². The lowest BCUT2D eigenvalue weighted by molar-refractivity contribution is -0.135. The summed E-state index contributed by atoms with van der Waals surface area (Å²) >= 11 is 0. The second-order valence-corrected chi connectivity index (χ2v) is 4.29. The maximum absolute atomic E-state index is 12.1. The first kappa shape index (κ1) is 12.6. The third kappa shape index (κ3) is 3.08. The molecule has 2 rings (SSSR count). The second-order valence-electron chi connectivity index (χ2n) is 4.29. The molecule has 0 saturated carbocycles. The average molecular weight is 244 g/mol. The van der Waals surface area contributed by atoms with Crippen LogP contribution in [0.4, 0.5) is 0 Å². The molecule has 4 heteroatoms. The summed E-state index contributed by atoms with van der Waals surface area (Å²) in [6.45, 7) is 2.44. The van der Waals surface area contributed by atoms with Crippen LogP contribution in [0.1, 0.15) is 17.9 Å². The number of morpholine rings is 1. The zero-order chi connectivity index (χ0) is 12.8. The van der Waals surface area contributed by atoms with Crippen LogP contribution >= 0.6 is 0 Å². The monoisotopic (exact) mass is 244 g/mol. The molecule has 0 bridgehead atoms. The summed E-state index contributed by atoms with van der Waals surface area (Å²) in [6.07, 6.45) is 0.251. The first-order valence-electron chi connectivity index (χ1n) is 6.11. The third-order valence-electron chi connectivity index (χ3n) is 3.10. The average Bonchev–Trinajstić information content (AvgIpc) is 2.46. The topological polar surface area (TPSA) is 53.3 Å². The summed E-state index contributed by atoms with van der Waals surface area (Å²) in [7, 11) is 0. The fraction of sp³-hybridized carbons (Fsp3) is 0.429. The van der Waals surface area contributed by atoms with E-state index in [4.69, 9.17) is 4.74 Å². The highest BCUT2D eigenvalue weighted by Gasteiger charge is 2.21. The van der Waals surface area contributed by atoms with E-state index in [9.17, 15) is 10.1 Å². The molecule has 1 unspecified atom stereocenters. The smallest absolute Gasteiger partial charge is 0.224 e. The molecule has 0 radical (unpaired) electrons. The number of carbonyl (C=O) groups is 1. The Morgan fingerprint density at radius 2 is 2.00 bits per heavy atom. The van der Waals surface area contributed by atoms with Crippen molar-refractivity contribution >= 4 is 5.91 Å². The maximum Gasteiger partial charge on any atom is 0.224 e. The molecule has 1 aromatic rings. The van der Waals surface area contributed by atoms with E-state index in [0.717, 1.165) is 5.56 Å². The Morgan fingerprint density at radius 1 is 1.33 bits per heavy atom. The molecule has 4 nitrogen and oxygen atoms in total. The Kier molecular flexibility index (Phi) is 4.32. The quantitative estimate of drug-likeness (QED) is 0.810. The predicted molar refractivity (Wildman–Crippen MR) is 66.8 cm³/mol. The number of nitriles is 1. The van der Waals surface area contributed by atoms with E-state index in [0.29, 0.717) is 26.3 Å². The lowest BCUT2D eigenvalue weighted by Crippen LogP contribution is -2.41. The van der Waals surface area contributed by atoms with Crippen molar-refractivity contribution in [3.63, 3.8) is 0 Å². The van der Waals surface area contributed by atoms with E-state index in [1.54, 1.807) is 4.90 Å². The number of ether oxygens (including phenoxy) is 1. The molecular formula is C14H16N2O2. The molecule has 18 heavy (non-hydrogen) atoms. The number of nitrogens with zero attached hydrogens (tertiary/aromatic N) is 2.